The molecule has 0 heterocycles. The van der Waals surface area contributed by atoms with Gasteiger partial charge in [-0.15, -0.1) is 11.6 Å². The highest BCUT2D eigenvalue weighted by atomic mass is 35.5. The van der Waals surface area contributed by atoms with E-state index in [-0.39, 0.29) is 5.38 Å². The SMILES string of the molecule is COC1=CC=C(N)CC1Cl. The van der Waals surface area contributed by atoms with Crippen LogP contribution in [-0.4, -0.2) is 12.5 Å². The zero-order chi connectivity index (χ0) is 7.56. The molecule has 1 aliphatic carbocycles. The van der Waals surface area contributed by atoms with Gasteiger partial charge in [0.05, 0.1) is 12.5 Å². The monoisotopic (exact) mass is 159 g/mol. The molecule has 0 radical (unpaired) electrons. The maximum atomic E-state index is 5.86. The van der Waals surface area contributed by atoms with Gasteiger partial charge in [0.2, 0.25) is 0 Å². The summed E-state index contributed by atoms with van der Waals surface area (Å²) in [5.41, 5.74) is 6.32. The van der Waals surface area contributed by atoms with Crippen molar-refractivity contribution in [1.82, 2.24) is 0 Å². The minimum atomic E-state index is -0.0880. The first-order valence-corrected chi connectivity index (χ1v) is 3.52. The van der Waals surface area contributed by atoms with Gasteiger partial charge in [-0.25, -0.2) is 0 Å². The third kappa shape index (κ3) is 1.45. The van der Waals surface area contributed by atoms with Gasteiger partial charge >= 0.3 is 0 Å². The Bertz CT molecular complexity index is 186. The molecular formula is C7H10ClNO. The third-order valence-electron chi connectivity index (χ3n) is 1.42. The van der Waals surface area contributed by atoms with Crippen molar-refractivity contribution in [2.24, 2.45) is 5.73 Å². The molecule has 0 aromatic rings. The molecule has 10 heavy (non-hydrogen) atoms. The Morgan fingerprint density at radius 2 is 2.40 bits per heavy atom. The summed E-state index contributed by atoms with van der Waals surface area (Å²) in [6.45, 7) is 0. The summed E-state index contributed by atoms with van der Waals surface area (Å²) in [6.07, 6.45) is 4.30. The molecule has 0 amide bonds. The molecule has 3 heteroatoms. The van der Waals surface area contributed by atoms with Gasteiger partial charge < -0.3 is 10.5 Å². The first kappa shape index (κ1) is 7.48. The van der Waals surface area contributed by atoms with Gasteiger partial charge in [0.25, 0.3) is 0 Å². The maximum Gasteiger partial charge on any atom is 0.114 e. The fourth-order valence-electron chi connectivity index (χ4n) is 0.865. The van der Waals surface area contributed by atoms with Crippen molar-refractivity contribution in [3.63, 3.8) is 0 Å². The second-order valence-electron chi connectivity index (χ2n) is 2.19. The number of ether oxygens (including phenoxy) is 1. The number of hydrogen-bond acceptors (Lipinski definition) is 2. The average Bonchev–Trinajstić information content (AvgIpc) is 1.88. The van der Waals surface area contributed by atoms with Crippen molar-refractivity contribution in [1.29, 1.82) is 0 Å². The van der Waals surface area contributed by atoms with E-state index in [9.17, 15) is 0 Å². The highest BCUT2D eigenvalue weighted by molar-refractivity contribution is 6.22. The molecule has 0 fully saturated rings. The lowest BCUT2D eigenvalue weighted by molar-refractivity contribution is 0.277. The van der Waals surface area contributed by atoms with Crippen molar-refractivity contribution < 1.29 is 4.74 Å². The molecule has 0 saturated heterocycles. The summed E-state index contributed by atoms with van der Waals surface area (Å²) in [4.78, 5) is 0. The predicted octanol–water partition coefficient (Wildman–Crippen LogP) is 1.37. The first-order chi connectivity index (χ1) is 4.74. The Balaban J connectivity index is 2.71. The first-order valence-electron chi connectivity index (χ1n) is 3.08. The molecule has 1 unspecified atom stereocenters. The number of halogens is 1. The van der Waals surface area contributed by atoms with Crippen LogP contribution in [0.25, 0.3) is 0 Å². The van der Waals surface area contributed by atoms with E-state index in [1.807, 2.05) is 6.08 Å². The molecule has 0 bridgehead atoms. The van der Waals surface area contributed by atoms with Crippen LogP contribution in [0.15, 0.2) is 23.6 Å². The van der Waals surface area contributed by atoms with E-state index in [1.165, 1.54) is 0 Å². The number of rotatable bonds is 1. The Hall–Kier alpha value is -0.630. The normalized spacial score (nSPS) is 25.2. The molecule has 0 spiro atoms. The van der Waals surface area contributed by atoms with Crippen molar-refractivity contribution in [3.8, 4) is 0 Å². The van der Waals surface area contributed by atoms with Crippen LogP contribution in [0.2, 0.25) is 0 Å². The number of allylic oxidation sites excluding steroid dienone is 4. The van der Waals surface area contributed by atoms with Gasteiger partial charge in [-0.1, -0.05) is 0 Å². The van der Waals surface area contributed by atoms with Gasteiger partial charge in [0.1, 0.15) is 5.76 Å². The molecule has 0 aromatic heterocycles. The van der Waals surface area contributed by atoms with Crippen LogP contribution in [0.1, 0.15) is 6.42 Å². The summed E-state index contributed by atoms with van der Waals surface area (Å²) in [5.74, 6) is 0.788. The number of alkyl halides is 1. The van der Waals surface area contributed by atoms with E-state index >= 15 is 0 Å². The van der Waals surface area contributed by atoms with Gasteiger partial charge in [-0.2, -0.15) is 0 Å². The van der Waals surface area contributed by atoms with E-state index in [1.54, 1.807) is 13.2 Å². The fraction of sp³-hybridized carbons (Fsp3) is 0.429. The van der Waals surface area contributed by atoms with Crippen LogP contribution in [0.4, 0.5) is 0 Å². The van der Waals surface area contributed by atoms with E-state index in [0.29, 0.717) is 6.42 Å². The molecular weight excluding hydrogens is 150 g/mol. The van der Waals surface area contributed by atoms with Gasteiger partial charge in [0, 0.05) is 12.1 Å². The average molecular weight is 160 g/mol. The molecule has 1 atom stereocenters. The highest BCUT2D eigenvalue weighted by Crippen LogP contribution is 2.21. The summed E-state index contributed by atoms with van der Waals surface area (Å²) in [6, 6.07) is 0. The standard InChI is InChI=1S/C7H10ClNO/c1-10-7-3-2-5(9)4-6(7)8/h2-3,6H,4,9H2,1H3. The molecule has 0 saturated carbocycles. The minimum absolute atomic E-state index is 0.0880. The molecule has 0 aromatic carbocycles. The predicted molar refractivity (Wildman–Crippen MR) is 41.6 cm³/mol. The Morgan fingerprint density at radius 1 is 1.70 bits per heavy atom. The van der Waals surface area contributed by atoms with Crippen LogP contribution >= 0.6 is 11.6 Å². The fourth-order valence-corrected chi connectivity index (χ4v) is 1.21. The molecule has 1 rings (SSSR count). The zero-order valence-electron chi connectivity index (χ0n) is 5.80. The van der Waals surface area contributed by atoms with Crippen molar-refractivity contribution in [2.75, 3.05) is 7.11 Å². The quantitative estimate of drug-likeness (QED) is 0.587. The smallest absolute Gasteiger partial charge is 0.114 e. The highest BCUT2D eigenvalue weighted by Gasteiger charge is 2.15. The summed E-state index contributed by atoms with van der Waals surface area (Å²) < 4.78 is 4.98. The van der Waals surface area contributed by atoms with Gasteiger partial charge in [-0.3, -0.25) is 0 Å². The minimum Gasteiger partial charge on any atom is -0.500 e. The van der Waals surface area contributed by atoms with E-state index in [2.05, 4.69) is 0 Å². The Kier molecular flexibility index (Phi) is 2.22. The van der Waals surface area contributed by atoms with Crippen LogP contribution in [-0.2, 0) is 4.74 Å². The number of methoxy groups -OCH3 is 1. The van der Waals surface area contributed by atoms with Crippen molar-refractivity contribution in [2.45, 2.75) is 11.8 Å². The van der Waals surface area contributed by atoms with E-state index < -0.39 is 0 Å². The van der Waals surface area contributed by atoms with Gasteiger partial charge in [-0.05, 0) is 12.2 Å². The largest absolute Gasteiger partial charge is 0.500 e. The zero-order valence-corrected chi connectivity index (χ0v) is 6.56. The molecule has 2 nitrogen and oxygen atoms in total. The summed E-state index contributed by atoms with van der Waals surface area (Å²) in [7, 11) is 1.61. The van der Waals surface area contributed by atoms with Crippen LogP contribution in [0, 0.1) is 0 Å². The lowest BCUT2D eigenvalue weighted by Crippen LogP contribution is -2.13. The molecule has 56 valence electrons. The second-order valence-corrected chi connectivity index (χ2v) is 2.71. The summed E-state index contributed by atoms with van der Waals surface area (Å²) in [5, 5.41) is -0.0880. The Morgan fingerprint density at radius 3 is 2.90 bits per heavy atom. The van der Waals surface area contributed by atoms with Crippen molar-refractivity contribution in [3.05, 3.63) is 23.6 Å². The van der Waals surface area contributed by atoms with Crippen LogP contribution < -0.4 is 5.73 Å². The lowest BCUT2D eigenvalue weighted by Gasteiger charge is -2.15. The molecule has 2 N–H and O–H groups in total. The third-order valence-corrected chi connectivity index (χ3v) is 1.79. The second kappa shape index (κ2) is 2.97. The van der Waals surface area contributed by atoms with Crippen LogP contribution in [0.3, 0.4) is 0 Å². The summed E-state index contributed by atoms with van der Waals surface area (Å²) >= 11 is 5.86. The van der Waals surface area contributed by atoms with E-state index in [0.717, 1.165) is 11.5 Å². The lowest BCUT2D eigenvalue weighted by atomic mass is 10.1. The topological polar surface area (TPSA) is 35.2 Å². The van der Waals surface area contributed by atoms with Gasteiger partial charge in [0.15, 0.2) is 0 Å². The van der Waals surface area contributed by atoms with Crippen molar-refractivity contribution >= 4 is 11.6 Å². The number of hydrogen-bond donors (Lipinski definition) is 1. The Labute approximate surface area is 65.3 Å². The number of nitrogens with two attached hydrogens (primary N) is 1. The molecule has 1 aliphatic rings. The van der Waals surface area contributed by atoms with Crippen LogP contribution in [0.5, 0.6) is 0 Å². The maximum absolute atomic E-state index is 5.86. The van der Waals surface area contributed by atoms with E-state index in [4.69, 9.17) is 22.1 Å². The molecule has 0 aliphatic heterocycles.